The molecule has 0 saturated heterocycles. The minimum absolute atomic E-state index is 0.267. The van der Waals surface area contributed by atoms with Crippen LogP contribution in [0.2, 0.25) is 0 Å². The van der Waals surface area contributed by atoms with Crippen molar-refractivity contribution in [1.29, 1.82) is 0 Å². The van der Waals surface area contributed by atoms with Crippen molar-refractivity contribution in [3.8, 4) is 11.5 Å². The first-order valence-electron chi connectivity index (χ1n) is 7.36. The lowest BCUT2D eigenvalue weighted by Gasteiger charge is -2.11. The Morgan fingerprint density at radius 2 is 1.95 bits per heavy atom. The molecule has 0 saturated carbocycles. The number of benzene rings is 1. The Kier molecular flexibility index (Phi) is 4.00. The highest BCUT2D eigenvalue weighted by Crippen LogP contribution is 2.34. The Balaban J connectivity index is 1.76. The lowest BCUT2D eigenvalue weighted by atomic mass is 10.2. The minimum Gasteiger partial charge on any atom is -0.454 e. The molecule has 0 unspecified atom stereocenters. The summed E-state index contributed by atoms with van der Waals surface area (Å²) < 4.78 is 10.7. The van der Waals surface area contributed by atoms with E-state index in [1.807, 2.05) is 31.2 Å². The predicted molar refractivity (Wildman–Crippen MR) is 85.9 cm³/mol. The Morgan fingerprint density at radius 3 is 2.77 bits per heavy atom. The highest BCUT2D eigenvalue weighted by molar-refractivity contribution is 5.61. The normalized spacial score (nSPS) is 12.5. The van der Waals surface area contributed by atoms with Crippen molar-refractivity contribution in [1.82, 2.24) is 9.97 Å². The Morgan fingerprint density at radius 1 is 1.14 bits per heavy atom. The van der Waals surface area contributed by atoms with Gasteiger partial charge in [0, 0.05) is 30.1 Å². The van der Waals surface area contributed by atoms with Gasteiger partial charge in [0.25, 0.3) is 0 Å². The van der Waals surface area contributed by atoms with Crippen molar-refractivity contribution in [2.45, 2.75) is 20.8 Å². The van der Waals surface area contributed by atoms with E-state index in [2.05, 4.69) is 34.4 Å². The fraction of sp³-hybridized carbons (Fsp3) is 0.375. The number of hydrogen-bond acceptors (Lipinski definition) is 6. The molecule has 2 heterocycles. The van der Waals surface area contributed by atoms with Crippen LogP contribution in [0.25, 0.3) is 0 Å². The topological polar surface area (TPSA) is 68.3 Å². The molecule has 1 aromatic heterocycles. The Bertz CT molecular complexity index is 673. The first-order valence-corrected chi connectivity index (χ1v) is 7.36. The van der Waals surface area contributed by atoms with Crippen molar-refractivity contribution in [3.63, 3.8) is 0 Å². The first-order chi connectivity index (χ1) is 10.6. The number of rotatable bonds is 5. The second kappa shape index (κ2) is 6.09. The second-order valence-corrected chi connectivity index (χ2v) is 5.69. The van der Waals surface area contributed by atoms with Crippen LogP contribution in [-0.4, -0.2) is 23.3 Å². The van der Waals surface area contributed by atoms with Crippen molar-refractivity contribution in [2.24, 2.45) is 5.92 Å². The van der Waals surface area contributed by atoms with Crippen LogP contribution >= 0.6 is 0 Å². The molecule has 0 atom stereocenters. The predicted octanol–water partition coefficient (Wildman–Crippen LogP) is 3.33. The number of nitrogens with zero attached hydrogens (tertiary/aromatic N) is 2. The number of aryl methyl sites for hydroxylation is 1. The third-order valence-corrected chi connectivity index (χ3v) is 3.17. The van der Waals surface area contributed by atoms with Crippen LogP contribution in [0.5, 0.6) is 11.5 Å². The SMILES string of the molecule is Cc1cc(NCC(C)C)nc(Nc2ccc3c(c2)OCO3)n1. The van der Waals surface area contributed by atoms with Crippen LogP contribution < -0.4 is 20.1 Å². The molecule has 116 valence electrons. The second-order valence-electron chi connectivity index (χ2n) is 5.69. The number of fused-ring (bicyclic) bond motifs is 1. The summed E-state index contributed by atoms with van der Waals surface area (Å²) in [6, 6.07) is 7.61. The molecule has 0 bridgehead atoms. The van der Waals surface area contributed by atoms with Crippen LogP contribution in [0.4, 0.5) is 17.5 Å². The van der Waals surface area contributed by atoms with Gasteiger partial charge in [-0.1, -0.05) is 13.8 Å². The first kappa shape index (κ1) is 14.4. The van der Waals surface area contributed by atoms with Gasteiger partial charge in [-0.3, -0.25) is 0 Å². The van der Waals surface area contributed by atoms with Gasteiger partial charge in [-0.15, -0.1) is 0 Å². The van der Waals surface area contributed by atoms with Gasteiger partial charge in [-0.2, -0.15) is 4.98 Å². The summed E-state index contributed by atoms with van der Waals surface area (Å²) in [6.45, 7) is 7.41. The summed E-state index contributed by atoms with van der Waals surface area (Å²) in [7, 11) is 0. The van der Waals surface area contributed by atoms with E-state index >= 15 is 0 Å². The number of anilines is 3. The molecule has 0 amide bonds. The fourth-order valence-electron chi connectivity index (χ4n) is 2.13. The molecule has 1 aromatic carbocycles. The Hall–Kier alpha value is -2.50. The van der Waals surface area contributed by atoms with Gasteiger partial charge >= 0.3 is 0 Å². The summed E-state index contributed by atoms with van der Waals surface area (Å²) in [5.74, 6) is 3.43. The lowest BCUT2D eigenvalue weighted by molar-refractivity contribution is 0.174. The van der Waals surface area contributed by atoms with Crippen molar-refractivity contribution >= 4 is 17.5 Å². The van der Waals surface area contributed by atoms with E-state index in [0.29, 0.717) is 11.9 Å². The molecule has 0 spiro atoms. The molecule has 6 heteroatoms. The van der Waals surface area contributed by atoms with E-state index in [9.17, 15) is 0 Å². The lowest BCUT2D eigenvalue weighted by Crippen LogP contribution is -2.10. The number of nitrogens with one attached hydrogen (secondary N) is 2. The van der Waals surface area contributed by atoms with Gasteiger partial charge in [0.2, 0.25) is 12.7 Å². The molecular weight excluding hydrogens is 280 g/mol. The largest absolute Gasteiger partial charge is 0.454 e. The van der Waals surface area contributed by atoms with Crippen LogP contribution in [0.15, 0.2) is 24.3 Å². The molecule has 22 heavy (non-hydrogen) atoms. The van der Waals surface area contributed by atoms with Crippen LogP contribution in [0.1, 0.15) is 19.5 Å². The van der Waals surface area contributed by atoms with E-state index < -0.39 is 0 Å². The van der Waals surface area contributed by atoms with Crippen molar-refractivity contribution in [2.75, 3.05) is 24.0 Å². The van der Waals surface area contributed by atoms with Gasteiger partial charge in [-0.05, 0) is 25.0 Å². The third kappa shape index (κ3) is 3.39. The summed E-state index contributed by atoms with van der Waals surface area (Å²) in [5, 5.41) is 6.52. The number of hydrogen-bond donors (Lipinski definition) is 2. The van der Waals surface area contributed by atoms with E-state index in [-0.39, 0.29) is 6.79 Å². The maximum absolute atomic E-state index is 5.37. The van der Waals surface area contributed by atoms with Crippen LogP contribution in [0.3, 0.4) is 0 Å². The zero-order chi connectivity index (χ0) is 15.5. The molecule has 1 aliphatic heterocycles. The highest BCUT2D eigenvalue weighted by atomic mass is 16.7. The average molecular weight is 300 g/mol. The van der Waals surface area contributed by atoms with E-state index in [0.717, 1.165) is 35.2 Å². The molecular formula is C16H20N4O2. The maximum Gasteiger partial charge on any atom is 0.231 e. The zero-order valence-electron chi connectivity index (χ0n) is 13.0. The number of aromatic nitrogens is 2. The summed E-state index contributed by atoms with van der Waals surface area (Å²) in [4.78, 5) is 8.90. The smallest absolute Gasteiger partial charge is 0.231 e. The summed E-state index contributed by atoms with van der Waals surface area (Å²) >= 11 is 0. The van der Waals surface area contributed by atoms with Gasteiger partial charge in [0.1, 0.15) is 5.82 Å². The van der Waals surface area contributed by atoms with Crippen molar-refractivity contribution in [3.05, 3.63) is 30.0 Å². The standard InChI is InChI=1S/C16H20N4O2/c1-10(2)8-17-15-6-11(3)18-16(20-15)19-12-4-5-13-14(7-12)22-9-21-13/h4-7,10H,8-9H2,1-3H3,(H2,17,18,19,20). The van der Waals surface area contributed by atoms with E-state index in [1.165, 1.54) is 0 Å². The van der Waals surface area contributed by atoms with Crippen LogP contribution in [0, 0.1) is 12.8 Å². The van der Waals surface area contributed by atoms with Crippen LogP contribution in [-0.2, 0) is 0 Å². The maximum atomic E-state index is 5.37. The molecule has 2 N–H and O–H groups in total. The monoisotopic (exact) mass is 300 g/mol. The average Bonchev–Trinajstić information content (AvgIpc) is 2.92. The van der Waals surface area contributed by atoms with Crippen molar-refractivity contribution < 1.29 is 9.47 Å². The zero-order valence-corrected chi connectivity index (χ0v) is 13.0. The molecule has 6 nitrogen and oxygen atoms in total. The minimum atomic E-state index is 0.267. The van der Waals surface area contributed by atoms with Gasteiger partial charge in [0.05, 0.1) is 0 Å². The molecule has 3 rings (SSSR count). The molecule has 2 aromatic rings. The number of ether oxygens (including phenoxy) is 2. The summed E-state index contributed by atoms with van der Waals surface area (Å²) in [6.07, 6.45) is 0. The molecule has 0 radical (unpaired) electrons. The quantitative estimate of drug-likeness (QED) is 0.883. The van der Waals surface area contributed by atoms with Gasteiger partial charge in [0.15, 0.2) is 11.5 Å². The molecule has 0 fully saturated rings. The summed E-state index contributed by atoms with van der Waals surface area (Å²) in [5.41, 5.74) is 1.77. The molecule has 0 aliphatic carbocycles. The van der Waals surface area contributed by atoms with Gasteiger partial charge in [-0.25, -0.2) is 4.98 Å². The highest BCUT2D eigenvalue weighted by Gasteiger charge is 2.13. The van der Waals surface area contributed by atoms with Gasteiger partial charge < -0.3 is 20.1 Å². The molecule has 1 aliphatic rings. The fourth-order valence-corrected chi connectivity index (χ4v) is 2.13. The third-order valence-electron chi connectivity index (χ3n) is 3.17. The van der Waals surface area contributed by atoms with E-state index in [1.54, 1.807) is 0 Å². The Labute approximate surface area is 129 Å². The van der Waals surface area contributed by atoms with E-state index in [4.69, 9.17) is 9.47 Å².